The Morgan fingerprint density at radius 1 is 1.37 bits per heavy atom. The molecule has 1 aromatic heterocycles. The van der Waals surface area contributed by atoms with Gasteiger partial charge >= 0.3 is 0 Å². The van der Waals surface area contributed by atoms with E-state index in [-0.39, 0.29) is 5.88 Å². The van der Waals surface area contributed by atoms with Crippen LogP contribution in [0.2, 0.25) is 0 Å². The normalized spacial score (nSPS) is 32.2. The first-order valence-corrected chi connectivity index (χ1v) is 8.17. The van der Waals surface area contributed by atoms with Crippen molar-refractivity contribution in [1.82, 2.24) is 4.98 Å². The van der Waals surface area contributed by atoms with Gasteiger partial charge in [-0.05, 0) is 42.4 Å². The number of anilines is 1. The first-order chi connectivity index (χ1) is 8.89. The SMILES string of the molecule is CC(C)c1sc(N[C@@H]2C[C@H]3CC[C@@H]2C3(C)C)nc1O. The Morgan fingerprint density at radius 3 is 2.58 bits per heavy atom. The Morgan fingerprint density at radius 2 is 2.11 bits per heavy atom. The Hall–Kier alpha value is -0.770. The molecule has 4 heteroatoms. The van der Waals surface area contributed by atoms with Gasteiger partial charge in [-0.25, -0.2) is 0 Å². The summed E-state index contributed by atoms with van der Waals surface area (Å²) in [6.45, 7) is 9.01. The second-order valence-corrected chi connectivity index (χ2v) is 8.08. The van der Waals surface area contributed by atoms with Crippen molar-refractivity contribution in [2.24, 2.45) is 17.3 Å². The Bertz CT molecular complexity index is 480. The highest BCUT2D eigenvalue weighted by atomic mass is 32.1. The molecule has 106 valence electrons. The van der Waals surface area contributed by atoms with Crippen LogP contribution in [0.5, 0.6) is 5.88 Å². The highest BCUT2D eigenvalue weighted by Crippen LogP contribution is 2.58. The van der Waals surface area contributed by atoms with E-state index in [0.717, 1.165) is 21.8 Å². The third-order valence-corrected chi connectivity index (χ3v) is 6.60. The number of fused-ring (bicyclic) bond motifs is 2. The lowest BCUT2D eigenvalue weighted by Crippen LogP contribution is -2.29. The summed E-state index contributed by atoms with van der Waals surface area (Å²) in [6, 6.07) is 0.541. The quantitative estimate of drug-likeness (QED) is 0.872. The lowest BCUT2D eigenvalue weighted by Gasteiger charge is -2.27. The third kappa shape index (κ3) is 2.04. The summed E-state index contributed by atoms with van der Waals surface area (Å²) in [5.74, 6) is 2.16. The molecule has 3 nitrogen and oxygen atoms in total. The molecule has 19 heavy (non-hydrogen) atoms. The maximum absolute atomic E-state index is 9.87. The molecule has 2 fully saturated rings. The van der Waals surface area contributed by atoms with Crippen LogP contribution >= 0.6 is 11.3 Å². The zero-order chi connectivity index (χ0) is 13.8. The summed E-state index contributed by atoms with van der Waals surface area (Å²) < 4.78 is 0. The summed E-state index contributed by atoms with van der Waals surface area (Å²) in [5.41, 5.74) is 0.470. The van der Waals surface area contributed by atoms with Crippen LogP contribution in [0.3, 0.4) is 0 Å². The largest absolute Gasteiger partial charge is 0.492 e. The smallest absolute Gasteiger partial charge is 0.227 e. The minimum atomic E-state index is 0.213. The van der Waals surface area contributed by atoms with Gasteiger partial charge in [0.05, 0.1) is 4.88 Å². The molecule has 1 aromatic rings. The average Bonchev–Trinajstić information content (AvgIpc) is 2.89. The van der Waals surface area contributed by atoms with E-state index in [1.165, 1.54) is 19.3 Å². The number of aromatic hydroxyl groups is 1. The van der Waals surface area contributed by atoms with E-state index in [9.17, 15) is 5.11 Å². The van der Waals surface area contributed by atoms with Gasteiger partial charge in [0.1, 0.15) is 0 Å². The fraction of sp³-hybridized carbons (Fsp3) is 0.800. The van der Waals surface area contributed by atoms with Crippen LogP contribution in [0, 0.1) is 17.3 Å². The van der Waals surface area contributed by atoms with Crippen LogP contribution in [0.15, 0.2) is 0 Å². The molecule has 0 radical (unpaired) electrons. The lowest BCUT2D eigenvalue weighted by molar-refractivity contribution is 0.256. The lowest BCUT2D eigenvalue weighted by atomic mass is 9.81. The second-order valence-electron chi connectivity index (χ2n) is 7.05. The second kappa shape index (κ2) is 4.37. The summed E-state index contributed by atoms with van der Waals surface area (Å²) in [5, 5.41) is 14.4. The van der Waals surface area contributed by atoms with Crippen LogP contribution in [0.25, 0.3) is 0 Å². The van der Waals surface area contributed by atoms with Crippen LogP contribution < -0.4 is 5.32 Å². The van der Waals surface area contributed by atoms with Crippen molar-refractivity contribution >= 4 is 16.5 Å². The molecular formula is C15H24N2OS. The van der Waals surface area contributed by atoms with Gasteiger partial charge in [-0.3, -0.25) is 0 Å². The van der Waals surface area contributed by atoms with E-state index in [1.54, 1.807) is 11.3 Å². The van der Waals surface area contributed by atoms with E-state index in [2.05, 4.69) is 38.0 Å². The van der Waals surface area contributed by atoms with Crippen molar-refractivity contribution in [2.75, 3.05) is 5.32 Å². The van der Waals surface area contributed by atoms with Crippen molar-refractivity contribution in [2.45, 2.75) is 58.9 Å². The van der Waals surface area contributed by atoms with Gasteiger partial charge in [0.2, 0.25) is 5.88 Å². The predicted octanol–water partition coefficient (Wildman–Crippen LogP) is 4.21. The molecule has 2 saturated carbocycles. The average molecular weight is 280 g/mol. The molecule has 2 bridgehead atoms. The van der Waals surface area contributed by atoms with Crippen LogP contribution in [0.1, 0.15) is 57.8 Å². The molecule has 1 heterocycles. The van der Waals surface area contributed by atoms with Crippen molar-refractivity contribution < 1.29 is 5.11 Å². The first-order valence-electron chi connectivity index (χ1n) is 7.35. The van der Waals surface area contributed by atoms with Crippen LogP contribution in [-0.2, 0) is 0 Å². The third-order valence-electron chi connectivity index (χ3n) is 5.33. The molecule has 2 aliphatic rings. The van der Waals surface area contributed by atoms with Crippen molar-refractivity contribution in [3.05, 3.63) is 4.88 Å². The highest BCUT2D eigenvalue weighted by molar-refractivity contribution is 7.16. The molecule has 2 aliphatic carbocycles. The zero-order valence-electron chi connectivity index (χ0n) is 12.2. The fourth-order valence-corrected chi connectivity index (χ4v) is 5.04. The van der Waals surface area contributed by atoms with Crippen molar-refractivity contribution in [3.8, 4) is 5.88 Å². The summed E-state index contributed by atoms with van der Waals surface area (Å²) in [7, 11) is 0. The van der Waals surface area contributed by atoms with Gasteiger partial charge < -0.3 is 10.4 Å². The molecule has 0 saturated heterocycles. The molecule has 0 spiro atoms. The van der Waals surface area contributed by atoms with Crippen molar-refractivity contribution in [1.29, 1.82) is 0 Å². The monoisotopic (exact) mass is 280 g/mol. The topological polar surface area (TPSA) is 45.2 Å². The predicted molar refractivity (Wildman–Crippen MR) is 79.9 cm³/mol. The standard InChI is InChI=1S/C15H24N2OS/c1-8(2)12-13(18)17-14(19-12)16-11-7-9-5-6-10(11)15(9,3)4/h8-11,18H,5-7H2,1-4H3,(H,16,17)/t9-,10+,11-/m1/s1. The van der Waals surface area contributed by atoms with Crippen molar-refractivity contribution in [3.63, 3.8) is 0 Å². The number of thiazole rings is 1. The number of hydrogen-bond acceptors (Lipinski definition) is 4. The number of nitrogens with zero attached hydrogens (tertiary/aromatic N) is 1. The Balaban J connectivity index is 1.75. The summed E-state index contributed by atoms with van der Waals surface area (Å²) in [6.07, 6.45) is 3.98. The Labute approximate surface area is 119 Å². The van der Waals surface area contributed by atoms with Crippen LogP contribution in [-0.4, -0.2) is 16.1 Å². The van der Waals surface area contributed by atoms with Gasteiger partial charge in [0.25, 0.3) is 0 Å². The Kier molecular flexibility index (Phi) is 3.04. The molecule has 3 rings (SSSR count). The van der Waals surface area contributed by atoms with E-state index < -0.39 is 0 Å². The van der Waals surface area contributed by atoms with Gasteiger partial charge in [0.15, 0.2) is 5.13 Å². The molecule has 3 atom stereocenters. The fourth-order valence-electron chi connectivity index (χ4n) is 4.12. The van der Waals surface area contributed by atoms with E-state index in [4.69, 9.17) is 0 Å². The molecule has 0 aliphatic heterocycles. The summed E-state index contributed by atoms with van der Waals surface area (Å²) >= 11 is 1.61. The highest BCUT2D eigenvalue weighted by Gasteiger charge is 2.53. The maximum Gasteiger partial charge on any atom is 0.227 e. The number of nitrogens with one attached hydrogen (secondary N) is 1. The van der Waals surface area contributed by atoms with Gasteiger partial charge in [-0.2, -0.15) is 4.98 Å². The maximum atomic E-state index is 9.87. The number of aromatic nitrogens is 1. The van der Waals surface area contributed by atoms with Gasteiger partial charge in [0, 0.05) is 6.04 Å². The minimum Gasteiger partial charge on any atom is -0.492 e. The zero-order valence-corrected chi connectivity index (χ0v) is 13.0. The molecule has 2 N–H and O–H groups in total. The minimum absolute atomic E-state index is 0.213. The summed E-state index contributed by atoms with van der Waals surface area (Å²) in [4.78, 5) is 5.28. The van der Waals surface area contributed by atoms with Gasteiger partial charge in [-0.1, -0.05) is 39.0 Å². The molecule has 0 unspecified atom stereocenters. The number of hydrogen-bond donors (Lipinski definition) is 2. The van der Waals surface area contributed by atoms with E-state index >= 15 is 0 Å². The van der Waals surface area contributed by atoms with Gasteiger partial charge in [-0.15, -0.1) is 0 Å². The van der Waals surface area contributed by atoms with Crippen LogP contribution in [0.4, 0.5) is 5.13 Å². The first kappa shape index (κ1) is 13.2. The van der Waals surface area contributed by atoms with E-state index in [0.29, 0.717) is 17.4 Å². The molecule has 0 amide bonds. The van der Waals surface area contributed by atoms with E-state index in [1.807, 2.05) is 0 Å². The molecule has 0 aromatic carbocycles. The molecular weight excluding hydrogens is 256 g/mol. The number of rotatable bonds is 3.